The molecule has 1 aliphatic heterocycles. The van der Waals surface area contributed by atoms with Gasteiger partial charge in [-0.15, -0.1) is 0 Å². The lowest BCUT2D eigenvalue weighted by molar-refractivity contribution is 0.630. The van der Waals surface area contributed by atoms with Crippen LogP contribution in [0.25, 0.3) is 54.6 Å². The van der Waals surface area contributed by atoms with Gasteiger partial charge in [0.25, 0.3) is 0 Å². The molecule has 0 aliphatic carbocycles. The van der Waals surface area contributed by atoms with Crippen LogP contribution in [0.1, 0.15) is 30.5 Å². The first kappa shape index (κ1) is 22.1. The van der Waals surface area contributed by atoms with Crippen LogP contribution >= 0.6 is 0 Å². The zero-order chi connectivity index (χ0) is 26.0. The molecule has 0 amide bonds. The maximum Gasteiger partial charge on any atom is 0.187 e. The summed E-state index contributed by atoms with van der Waals surface area (Å²) in [4.78, 5) is 3.57. The molecule has 0 saturated carbocycles. The Morgan fingerprint density at radius 3 is 2.11 bits per heavy atom. The highest BCUT2D eigenvalue weighted by Gasteiger charge is 2.35. The predicted octanol–water partition coefficient (Wildman–Crippen LogP) is 9.18. The van der Waals surface area contributed by atoms with Gasteiger partial charge in [-0.25, -0.2) is 4.85 Å². The Balaban J connectivity index is 1.58. The average molecular weight is 486 g/mol. The van der Waals surface area contributed by atoms with E-state index in [-0.39, 0.29) is 5.41 Å². The van der Waals surface area contributed by atoms with Crippen LogP contribution in [0.5, 0.6) is 0 Å². The molecule has 0 fully saturated rings. The number of hydrogen-bond acceptors (Lipinski definition) is 1. The van der Waals surface area contributed by atoms with Crippen molar-refractivity contribution in [3.63, 3.8) is 0 Å². The lowest BCUT2D eigenvalue weighted by Gasteiger charge is -2.35. The summed E-state index contributed by atoms with van der Waals surface area (Å²) < 4.78 is 2.43. The van der Waals surface area contributed by atoms with E-state index in [4.69, 9.17) is 6.57 Å². The highest BCUT2D eigenvalue weighted by molar-refractivity contribution is 6.14. The molecule has 0 bridgehead atoms. The van der Waals surface area contributed by atoms with Gasteiger partial charge >= 0.3 is 0 Å². The lowest BCUT2D eigenvalue weighted by atomic mass is 9.74. The van der Waals surface area contributed by atoms with Gasteiger partial charge in [-0.05, 0) is 75.8 Å². The van der Waals surface area contributed by atoms with E-state index >= 15 is 0 Å². The van der Waals surface area contributed by atoms with Crippen LogP contribution in [0.4, 0.5) is 5.69 Å². The van der Waals surface area contributed by atoms with Crippen LogP contribution in [0.3, 0.4) is 0 Å². The summed E-state index contributed by atoms with van der Waals surface area (Å²) in [5.74, 6) is 0. The van der Waals surface area contributed by atoms with E-state index in [1.54, 1.807) is 0 Å². The van der Waals surface area contributed by atoms with E-state index in [1.165, 1.54) is 38.6 Å². The Morgan fingerprint density at radius 1 is 0.711 bits per heavy atom. The molecule has 3 nitrogen and oxygen atoms in total. The third kappa shape index (κ3) is 3.06. The second-order valence-corrected chi connectivity index (χ2v) is 10.5. The van der Waals surface area contributed by atoms with Gasteiger partial charge in [-0.1, -0.05) is 74.5 Å². The Morgan fingerprint density at radius 2 is 1.37 bits per heavy atom. The highest BCUT2D eigenvalue weighted by atomic mass is 15.0. The molecule has 0 radical (unpaired) electrons. The van der Waals surface area contributed by atoms with E-state index in [2.05, 4.69) is 83.9 Å². The van der Waals surface area contributed by atoms with E-state index in [0.717, 1.165) is 22.3 Å². The minimum Gasteiger partial charge on any atom is -0.309 e. The summed E-state index contributed by atoms with van der Waals surface area (Å²) >= 11 is 0. The van der Waals surface area contributed by atoms with Crippen molar-refractivity contribution in [1.82, 2.24) is 4.57 Å². The van der Waals surface area contributed by atoms with Crippen LogP contribution in [-0.2, 0) is 5.41 Å². The molecule has 0 saturated heterocycles. The van der Waals surface area contributed by atoms with Gasteiger partial charge in [0.15, 0.2) is 5.69 Å². The van der Waals surface area contributed by atoms with E-state index in [9.17, 15) is 5.26 Å². The first-order chi connectivity index (χ1) is 18.5. The summed E-state index contributed by atoms with van der Waals surface area (Å²) in [6, 6.07) is 37.9. The number of aromatic nitrogens is 1. The lowest BCUT2D eigenvalue weighted by Crippen LogP contribution is -2.26. The summed E-state index contributed by atoms with van der Waals surface area (Å²) in [5.41, 5.74) is 11.9. The molecule has 5 aromatic carbocycles. The largest absolute Gasteiger partial charge is 0.309 e. The molecule has 6 aromatic rings. The van der Waals surface area contributed by atoms with Crippen LogP contribution < -0.4 is 0 Å². The Bertz CT molecular complexity index is 1990. The number of hydrogen-bond donors (Lipinski definition) is 0. The first-order valence-corrected chi connectivity index (χ1v) is 12.7. The van der Waals surface area contributed by atoms with Crippen molar-refractivity contribution in [2.75, 3.05) is 0 Å². The molecular formula is C35H23N3. The molecule has 178 valence electrons. The molecule has 3 heteroatoms. The molecule has 38 heavy (non-hydrogen) atoms. The van der Waals surface area contributed by atoms with Gasteiger partial charge < -0.3 is 4.57 Å². The van der Waals surface area contributed by atoms with Gasteiger partial charge in [0.1, 0.15) is 0 Å². The molecule has 1 aromatic heterocycles. The van der Waals surface area contributed by atoms with E-state index < -0.39 is 0 Å². The van der Waals surface area contributed by atoms with E-state index in [0.29, 0.717) is 11.3 Å². The molecular weight excluding hydrogens is 462 g/mol. The third-order valence-electron chi connectivity index (χ3n) is 8.03. The quantitative estimate of drug-likeness (QED) is 0.225. The Hall–Kier alpha value is -5.12. The monoisotopic (exact) mass is 485 g/mol. The SMILES string of the molecule is [C-]#[N+]c1ccc(-c2cc3c4c(c2)c2cc(-c5ccc(C#N)cc5)ccc2n4-c2ccccc2C3(C)C)cc1. The summed E-state index contributed by atoms with van der Waals surface area (Å²) in [6.07, 6.45) is 0. The number of para-hydroxylation sites is 1. The highest BCUT2D eigenvalue weighted by Crippen LogP contribution is 2.49. The number of nitrogens with zero attached hydrogens (tertiary/aromatic N) is 3. The van der Waals surface area contributed by atoms with Crippen molar-refractivity contribution < 1.29 is 0 Å². The smallest absolute Gasteiger partial charge is 0.187 e. The Labute approximate surface area is 221 Å². The molecule has 0 atom stereocenters. The topological polar surface area (TPSA) is 33.1 Å². The van der Waals surface area contributed by atoms with Crippen molar-refractivity contribution in [2.45, 2.75) is 19.3 Å². The van der Waals surface area contributed by atoms with E-state index in [1.807, 2.05) is 48.5 Å². The average Bonchev–Trinajstić information content (AvgIpc) is 3.30. The molecule has 0 unspecified atom stereocenters. The van der Waals surface area contributed by atoms with Gasteiger partial charge in [0.05, 0.1) is 34.9 Å². The van der Waals surface area contributed by atoms with Crippen LogP contribution in [0.2, 0.25) is 0 Å². The maximum absolute atomic E-state index is 9.22. The van der Waals surface area contributed by atoms with Gasteiger partial charge in [-0.3, -0.25) is 0 Å². The number of rotatable bonds is 2. The van der Waals surface area contributed by atoms with Crippen molar-refractivity contribution in [1.29, 1.82) is 5.26 Å². The van der Waals surface area contributed by atoms with Gasteiger partial charge in [-0.2, -0.15) is 5.26 Å². The fourth-order valence-electron chi connectivity index (χ4n) is 6.03. The molecule has 0 N–H and O–H groups in total. The third-order valence-corrected chi connectivity index (χ3v) is 8.03. The summed E-state index contributed by atoms with van der Waals surface area (Å²) in [6.45, 7) is 12.0. The van der Waals surface area contributed by atoms with Crippen LogP contribution in [0, 0.1) is 17.9 Å². The van der Waals surface area contributed by atoms with Crippen molar-refractivity contribution >= 4 is 27.5 Å². The molecule has 2 heterocycles. The number of benzene rings is 5. The fraction of sp³-hybridized carbons (Fsp3) is 0.0857. The fourth-order valence-corrected chi connectivity index (χ4v) is 6.03. The second-order valence-electron chi connectivity index (χ2n) is 10.5. The molecule has 7 rings (SSSR count). The van der Waals surface area contributed by atoms with Crippen LogP contribution in [0.15, 0.2) is 103 Å². The minimum absolute atomic E-state index is 0.179. The summed E-state index contributed by atoms with van der Waals surface area (Å²) in [5, 5.41) is 11.7. The zero-order valence-corrected chi connectivity index (χ0v) is 21.2. The van der Waals surface area contributed by atoms with Gasteiger partial charge in [0.2, 0.25) is 0 Å². The van der Waals surface area contributed by atoms with Crippen molar-refractivity contribution in [3.05, 3.63) is 131 Å². The van der Waals surface area contributed by atoms with Crippen molar-refractivity contribution in [2.24, 2.45) is 0 Å². The number of nitriles is 1. The van der Waals surface area contributed by atoms with Gasteiger partial charge in [0, 0.05) is 16.2 Å². The maximum atomic E-state index is 9.22. The summed E-state index contributed by atoms with van der Waals surface area (Å²) in [7, 11) is 0. The molecule has 0 spiro atoms. The number of fused-ring (bicyclic) bond motifs is 5. The predicted molar refractivity (Wildman–Crippen MR) is 155 cm³/mol. The first-order valence-electron chi connectivity index (χ1n) is 12.7. The second kappa shape index (κ2) is 7.94. The van der Waals surface area contributed by atoms with Crippen molar-refractivity contribution in [3.8, 4) is 34.0 Å². The minimum atomic E-state index is -0.179. The van der Waals surface area contributed by atoms with Crippen LogP contribution in [-0.4, -0.2) is 4.57 Å². The standard InChI is InChI=1S/C35H23N3/c1-35(2)30-6-4-5-7-33(30)38-32-17-14-25(23-10-8-22(21-36)9-11-23)18-28(32)29-19-26(20-31(35)34(29)38)24-12-15-27(37-3)16-13-24/h4-20H,1-2H3. The molecule has 1 aliphatic rings. The Kier molecular flexibility index (Phi) is 4.62. The normalized spacial score (nSPS) is 13.2. The zero-order valence-electron chi connectivity index (χ0n) is 21.2.